The quantitative estimate of drug-likeness (QED) is 0.544. The lowest BCUT2D eigenvalue weighted by Gasteiger charge is -2.10. The van der Waals surface area contributed by atoms with Crippen LogP contribution in [0.25, 0.3) is 17.1 Å². The van der Waals surface area contributed by atoms with E-state index >= 15 is 0 Å². The van der Waals surface area contributed by atoms with Crippen LogP contribution in [-0.2, 0) is 19.5 Å². The summed E-state index contributed by atoms with van der Waals surface area (Å²) in [5, 5.41) is 12.5. The molecule has 3 aromatic heterocycles. The zero-order valence-corrected chi connectivity index (χ0v) is 14.0. The third-order valence-corrected chi connectivity index (χ3v) is 4.20. The van der Waals surface area contributed by atoms with Gasteiger partial charge in [-0.05, 0) is 25.1 Å². The Bertz CT molecular complexity index is 949. The maximum absolute atomic E-state index is 4.54. The minimum atomic E-state index is 0.806. The van der Waals surface area contributed by atoms with Crippen molar-refractivity contribution >= 4 is 0 Å². The van der Waals surface area contributed by atoms with Crippen molar-refractivity contribution in [1.29, 1.82) is 0 Å². The monoisotopic (exact) mass is 333 g/mol. The van der Waals surface area contributed by atoms with Crippen LogP contribution in [0.15, 0.2) is 61.4 Å². The van der Waals surface area contributed by atoms with Crippen LogP contribution in [0.3, 0.4) is 0 Å². The number of aromatic nitrogens is 7. The Kier molecular flexibility index (Phi) is 4.12. The summed E-state index contributed by atoms with van der Waals surface area (Å²) in [6.07, 6.45) is 10.1. The van der Waals surface area contributed by atoms with Crippen molar-refractivity contribution in [2.24, 2.45) is 0 Å². The summed E-state index contributed by atoms with van der Waals surface area (Å²) in [5.41, 5.74) is 2.08. The molecule has 0 aliphatic heterocycles. The summed E-state index contributed by atoms with van der Waals surface area (Å²) in [6, 6.07) is 10.1. The van der Waals surface area contributed by atoms with Crippen LogP contribution in [0.1, 0.15) is 12.7 Å². The molecule has 0 aliphatic rings. The summed E-state index contributed by atoms with van der Waals surface area (Å²) in [6.45, 7) is 3.78. The summed E-state index contributed by atoms with van der Waals surface area (Å²) >= 11 is 0. The Morgan fingerprint density at radius 3 is 2.84 bits per heavy atom. The van der Waals surface area contributed by atoms with E-state index in [9.17, 15) is 0 Å². The molecule has 4 rings (SSSR count). The summed E-state index contributed by atoms with van der Waals surface area (Å²) in [5.74, 6) is 1.93. The predicted octanol–water partition coefficient (Wildman–Crippen LogP) is 2.59. The third-order valence-electron chi connectivity index (χ3n) is 4.20. The maximum atomic E-state index is 4.54. The first-order chi connectivity index (χ1) is 12.3. The smallest absolute Gasteiger partial charge is 0.139 e. The molecular weight excluding hydrogens is 314 g/mol. The molecule has 0 fully saturated rings. The molecule has 0 atom stereocenters. The first-order valence-electron chi connectivity index (χ1n) is 8.33. The second-order valence-electron chi connectivity index (χ2n) is 5.73. The van der Waals surface area contributed by atoms with Crippen molar-refractivity contribution in [3.05, 3.63) is 67.3 Å². The molecule has 25 heavy (non-hydrogen) atoms. The fourth-order valence-corrected chi connectivity index (χ4v) is 2.92. The third kappa shape index (κ3) is 3.08. The van der Waals surface area contributed by atoms with Crippen LogP contribution >= 0.6 is 0 Å². The summed E-state index contributed by atoms with van der Waals surface area (Å²) in [7, 11) is 0. The molecular formula is C18H19N7. The standard InChI is InChI=1S/C18H19N7/c1-2-23-14-20-22-17(23)7-11-24-12-9-19-18(24)15-5-3-6-16(13-15)25-10-4-8-21-25/h3-6,8-10,12-14H,2,7,11H2,1H3. The normalized spacial score (nSPS) is 11.1. The highest BCUT2D eigenvalue weighted by Crippen LogP contribution is 2.21. The fourth-order valence-electron chi connectivity index (χ4n) is 2.92. The minimum absolute atomic E-state index is 0.806. The van der Waals surface area contributed by atoms with Crippen molar-refractivity contribution in [2.45, 2.75) is 26.4 Å². The Morgan fingerprint density at radius 2 is 2.00 bits per heavy atom. The molecule has 0 unspecified atom stereocenters. The maximum Gasteiger partial charge on any atom is 0.139 e. The number of benzene rings is 1. The zero-order chi connectivity index (χ0) is 17.1. The van der Waals surface area contributed by atoms with Crippen LogP contribution in [0.2, 0.25) is 0 Å². The van der Waals surface area contributed by atoms with E-state index in [1.54, 1.807) is 12.5 Å². The van der Waals surface area contributed by atoms with Crippen LogP contribution in [0.5, 0.6) is 0 Å². The van der Waals surface area contributed by atoms with E-state index < -0.39 is 0 Å². The van der Waals surface area contributed by atoms with E-state index in [4.69, 9.17) is 0 Å². The highest BCUT2D eigenvalue weighted by atomic mass is 15.3. The Balaban J connectivity index is 1.58. The van der Waals surface area contributed by atoms with Gasteiger partial charge in [0.15, 0.2) is 0 Å². The number of hydrogen-bond acceptors (Lipinski definition) is 4. The molecule has 0 saturated carbocycles. The molecule has 0 saturated heterocycles. The first-order valence-corrected chi connectivity index (χ1v) is 8.33. The fraction of sp³-hybridized carbons (Fsp3) is 0.222. The molecule has 0 radical (unpaired) electrons. The molecule has 7 nitrogen and oxygen atoms in total. The molecule has 3 heterocycles. The van der Waals surface area contributed by atoms with Gasteiger partial charge in [-0.3, -0.25) is 0 Å². The van der Waals surface area contributed by atoms with Gasteiger partial charge in [-0.15, -0.1) is 10.2 Å². The van der Waals surface area contributed by atoms with Crippen LogP contribution in [0, 0.1) is 0 Å². The van der Waals surface area contributed by atoms with Gasteiger partial charge in [-0.25, -0.2) is 9.67 Å². The molecule has 0 bridgehead atoms. The van der Waals surface area contributed by atoms with E-state index in [2.05, 4.69) is 48.5 Å². The van der Waals surface area contributed by atoms with Crippen molar-refractivity contribution in [3.8, 4) is 17.1 Å². The molecule has 0 amide bonds. The van der Waals surface area contributed by atoms with Crippen molar-refractivity contribution in [3.63, 3.8) is 0 Å². The highest BCUT2D eigenvalue weighted by Gasteiger charge is 2.09. The van der Waals surface area contributed by atoms with Gasteiger partial charge in [0.2, 0.25) is 0 Å². The molecule has 0 spiro atoms. The Hall–Kier alpha value is -3.22. The van der Waals surface area contributed by atoms with Gasteiger partial charge in [0.25, 0.3) is 0 Å². The zero-order valence-electron chi connectivity index (χ0n) is 14.0. The van der Waals surface area contributed by atoms with Gasteiger partial charge >= 0.3 is 0 Å². The molecule has 0 N–H and O–H groups in total. The van der Waals surface area contributed by atoms with Crippen molar-refractivity contribution in [2.75, 3.05) is 0 Å². The van der Waals surface area contributed by atoms with Gasteiger partial charge in [-0.2, -0.15) is 5.10 Å². The minimum Gasteiger partial charge on any atom is -0.331 e. The molecule has 126 valence electrons. The Morgan fingerprint density at radius 1 is 1.04 bits per heavy atom. The Labute approximate surface area is 145 Å². The van der Waals surface area contributed by atoms with E-state index in [0.717, 1.165) is 42.4 Å². The summed E-state index contributed by atoms with van der Waals surface area (Å²) in [4.78, 5) is 4.54. The van der Waals surface area contributed by atoms with Crippen LogP contribution in [0.4, 0.5) is 0 Å². The van der Waals surface area contributed by atoms with E-state index in [-0.39, 0.29) is 0 Å². The van der Waals surface area contributed by atoms with Gasteiger partial charge in [0.1, 0.15) is 18.0 Å². The van der Waals surface area contributed by atoms with Gasteiger partial charge < -0.3 is 9.13 Å². The SMILES string of the molecule is CCn1cnnc1CCn1ccnc1-c1cccc(-n2cccn2)c1. The number of imidazole rings is 1. The van der Waals surface area contributed by atoms with Gasteiger partial charge in [0, 0.05) is 49.9 Å². The topological polar surface area (TPSA) is 66.3 Å². The summed E-state index contributed by atoms with van der Waals surface area (Å²) < 4.78 is 6.06. The predicted molar refractivity (Wildman–Crippen MR) is 94.2 cm³/mol. The van der Waals surface area contributed by atoms with Crippen LogP contribution < -0.4 is 0 Å². The second kappa shape index (κ2) is 6.72. The van der Waals surface area contributed by atoms with E-state index in [0.29, 0.717) is 0 Å². The lowest BCUT2D eigenvalue weighted by molar-refractivity contribution is 0.627. The highest BCUT2D eigenvalue weighted by molar-refractivity contribution is 5.59. The first kappa shape index (κ1) is 15.3. The van der Waals surface area contributed by atoms with E-state index in [1.165, 1.54) is 0 Å². The average Bonchev–Trinajstić information content (AvgIpc) is 3.41. The number of rotatable bonds is 6. The number of aryl methyl sites for hydroxylation is 3. The molecule has 1 aromatic carbocycles. The lowest BCUT2D eigenvalue weighted by Crippen LogP contribution is -2.08. The van der Waals surface area contributed by atoms with Crippen molar-refractivity contribution < 1.29 is 0 Å². The largest absolute Gasteiger partial charge is 0.331 e. The molecule has 7 heteroatoms. The number of nitrogens with zero attached hydrogens (tertiary/aromatic N) is 7. The average molecular weight is 333 g/mol. The van der Waals surface area contributed by atoms with Crippen molar-refractivity contribution in [1.82, 2.24) is 34.1 Å². The second-order valence-corrected chi connectivity index (χ2v) is 5.73. The van der Waals surface area contributed by atoms with Gasteiger partial charge in [-0.1, -0.05) is 12.1 Å². The molecule has 4 aromatic rings. The lowest BCUT2D eigenvalue weighted by atomic mass is 10.2. The van der Waals surface area contributed by atoms with E-state index in [1.807, 2.05) is 41.5 Å². The van der Waals surface area contributed by atoms with Crippen LogP contribution in [-0.4, -0.2) is 34.1 Å². The van der Waals surface area contributed by atoms with Gasteiger partial charge in [0.05, 0.1) is 5.69 Å². The number of hydrogen-bond donors (Lipinski definition) is 0. The molecule has 0 aliphatic carbocycles.